The van der Waals surface area contributed by atoms with E-state index in [1.165, 1.54) is 10.9 Å². The van der Waals surface area contributed by atoms with Gasteiger partial charge in [0.15, 0.2) is 5.76 Å². The summed E-state index contributed by atoms with van der Waals surface area (Å²) in [4.78, 5) is 15.8. The van der Waals surface area contributed by atoms with Crippen LogP contribution in [0.1, 0.15) is 11.5 Å². The summed E-state index contributed by atoms with van der Waals surface area (Å²) in [5.41, 5.74) is 0.427. The molecule has 2 aromatic rings. The van der Waals surface area contributed by atoms with Crippen molar-refractivity contribution in [3.8, 4) is 0 Å². The van der Waals surface area contributed by atoms with Gasteiger partial charge in [0.05, 0.1) is 12.9 Å². The zero-order valence-corrected chi connectivity index (χ0v) is 12.3. The Labute approximate surface area is 121 Å². The Balaban J connectivity index is 2.23. The van der Waals surface area contributed by atoms with Crippen LogP contribution in [0.2, 0.25) is 5.15 Å². The molecule has 0 aliphatic rings. The normalized spacial score (nSPS) is 10.8. The summed E-state index contributed by atoms with van der Waals surface area (Å²) < 4.78 is 11.8. The van der Waals surface area contributed by atoms with Gasteiger partial charge < -0.3 is 9.26 Å². The van der Waals surface area contributed by atoms with E-state index in [0.717, 1.165) is 0 Å². The summed E-state index contributed by atoms with van der Waals surface area (Å²) >= 11 is 7.62. The fourth-order valence-corrected chi connectivity index (χ4v) is 1.95. The first-order valence-corrected chi connectivity index (χ1v) is 6.41. The fourth-order valence-electron chi connectivity index (χ4n) is 1.37. The van der Waals surface area contributed by atoms with Crippen LogP contribution in [0.25, 0.3) is 0 Å². The molecule has 0 spiro atoms. The van der Waals surface area contributed by atoms with Crippen molar-refractivity contribution in [2.75, 3.05) is 7.11 Å². The number of methoxy groups -OCH3 is 1. The van der Waals surface area contributed by atoms with E-state index in [9.17, 15) is 4.79 Å². The quantitative estimate of drug-likeness (QED) is 0.595. The smallest absolute Gasteiger partial charge is 0.268 e. The maximum atomic E-state index is 11.9. The van der Waals surface area contributed by atoms with Gasteiger partial charge in [-0.15, -0.1) is 0 Å². The second kappa shape index (κ2) is 5.81. The van der Waals surface area contributed by atoms with Crippen molar-refractivity contribution in [1.29, 1.82) is 0 Å². The molecule has 2 aromatic heterocycles. The average molecular weight is 382 g/mol. The second-order valence-corrected chi connectivity index (χ2v) is 4.94. The summed E-state index contributed by atoms with van der Waals surface area (Å²) in [6.07, 6.45) is 1.39. The van der Waals surface area contributed by atoms with Crippen LogP contribution < -0.4 is 5.56 Å². The van der Waals surface area contributed by atoms with Gasteiger partial charge in [-0.1, -0.05) is 16.8 Å². The second-order valence-electron chi connectivity index (χ2n) is 3.50. The van der Waals surface area contributed by atoms with Crippen LogP contribution in [-0.2, 0) is 17.9 Å². The van der Waals surface area contributed by atoms with Crippen LogP contribution in [0.3, 0.4) is 0 Å². The minimum atomic E-state index is -0.202. The first-order chi connectivity index (χ1) is 8.61. The lowest BCUT2D eigenvalue weighted by Crippen LogP contribution is -2.23. The lowest BCUT2D eigenvalue weighted by Gasteiger charge is -2.03. The maximum absolute atomic E-state index is 11.9. The lowest BCUT2D eigenvalue weighted by atomic mass is 10.3. The molecule has 18 heavy (non-hydrogen) atoms. The van der Waals surface area contributed by atoms with Gasteiger partial charge in [0.25, 0.3) is 5.56 Å². The highest BCUT2D eigenvalue weighted by Crippen LogP contribution is 2.10. The summed E-state index contributed by atoms with van der Waals surface area (Å²) in [7, 11) is 1.57. The van der Waals surface area contributed by atoms with Crippen molar-refractivity contribution in [3.63, 3.8) is 0 Å². The molecule has 0 amide bonds. The van der Waals surface area contributed by atoms with Gasteiger partial charge in [-0.3, -0.25) is 9.36 Å². The Morgan fingerprint density at radius 2 is 2.39 bits per heavy atom. The van der Waals surface area contributed by atoms with Crippen LogP contribution in [0.5, 0.6) is 0 Å². The third kappa shape index (κ3) is 2.90. The van der Waals surface area contributed by atoms with E-state index in [1.54, 1.807) is 13.2 Å². The van der Waals surface area contributed by atoms with E-state index < -0.39 is 0 Å². The van der Waals surface area contributed by atoms with E-state index >= 15 is 0 Å². The Morgan fingerprint density at radius 1 is 1.61 bits per heavy atom. The van der Waals surface area contributed by atoms with Crippen molar-refractivity contribution < 1.29 is 9.26 Å². The molecule has 0 saturated carbocycles. The van der Waals surface area contributed by atoms with Crippen molar-refractivity contribution in [2.24, 2.45) is 0 Å². The van der Waals surface area contributed by atoms with E-state index in [-0.39, 0.29) is 17.3 Å². The molecular formula is C10H9ClIN3O3. The van der Waals surface area contributed by atoms with Gasteiger partial charge in [-0.2, -0.15) is 0 Å². The fraction of sp³-hybridized carbons (Fsp3) is 0.300. The van der Waals surface area contributed by atoms with Crippen molar-refractivity contribution in [3.05, 3.63) is 42.9 Å². The predicted octanol–water partition coefficient (Wildman–Crippen LogP) is 1.68. The zero-order valence-electron chi connectivity index (χ0n) is 9.39. The highest BCUT2D eigenvalue weighted by Gasteiger charge is 2.09. The Morgan fingerprint density at radius 3 is 3.11 bits per heavy atom. The van der Waals surface area contributed by atoms with Crippen molar-refractivity contribution >= 4 is 34.2 Å². The maximum Gasteiger partial charge on any atom is 0.268 e. The molecule has 6 nitrogen and oxygen atoms in total. The summed E-state index contributed by atoms with van der Waals surface area (Å²) in [6, 6.07) is 1.73. The standard InChI is InChI=1S/C10H9ClIN3O3/c1-17-4-7-2-6(14-18-7)3-15-5-13-9(11)8(12)10(15)16/h2,5H,3-4H2,1H3. The molecule has 96 valence electrons. The molecule has 0 bridgehead atoms. The molecule has 8 heteroatoms. The summed E-state index contributed by atoms with van der Waals surface area (Å²) in [6.45, 7) is 0.629. The molecular weight excluding hydrogens is 372 g/mol. The molecule has 0 aliphatic carbocycles. The lowest BCUT2D eigenvalue weighted by molar-refractivity contribution is 0.155. The number of halogens is 2. The van der Waals surface area contributed by atoms with Crippen LogP contribution in [0.15, 0.2) is 21.7 Å². The SMILES string of the molecule is COCc1cc(Cn2cnc(Cl)c(I)c2=O)no1. The topological polar surface area (TPSA) is 70.2 Å². The van der Waals surface area contributed by atoms with Gasteiger partial charge in [0.2, 0.25) is 0 Å². The van der Waals surface area contributed by atoms with Crippen molar-refractivity contribution in [2.45, 2.75) is 13.2 Å². The molecule has 0 aromatic carbocycles. The van der Waals surface area contributed by atoms with Crippen LogP contribution in [-0.4, -0.2) is 21.8 Å². The molecule has 0 radical (unpaired) electrons. The highest BCUT2D eigenvalue weighted by molar-refractivity contribution is 14.1. The summed E-state index contributed by atoms with van der Waals surface area (Å²) in [5.74, 6) is 0.608. The number of hydrogen-bond acceptors (Lipinski definition) is 5. The third-order valence-electron chi connectivity index (χ3n) is 2.17. The van der Waals surface area contributed by atoms with E-state index in [2.05, 4.69) is 10.1 Å². The van der Waals surface area contributed by atoms with Gasteiger partial charge in [-0.25, -0.2) is 4.98 Å². The van der Waals surface area contributed by atoms with Gasteiger partial charge in [0, 0.05) is 13.2 Å². The number of aromatic nitrogens is 3. The minimum Gasteiger partial charge on any atom is -0.377 e. The first kappa shape index (κ1) is 13.5. The number of nitrogens with zero attached hydrogens (tertiary/aromatic N) is 3. The Hall–Kier alpha value is -0.930. The molecule has 2 rings (SSSR count). The largest absolute Gasteiger partial charge is 0.377 e. The first-order valence-electron chi connectivity index (χ1n) is 4.95. The number of hydrogen-bond donors (Lipinski definition) is 0. The third-order valence-corrected chi connectivity index (χ3v) is 3.74. The van der Waals surface area contributed by atoms with Crippen LogP contribution in [0.4, 0.5) is 0 Å². The molecule has 0 aliphatic heterocycles. The molecule has 0 N–H and O–H groups in total. The number of ether oxygens (including phenoxy) is 1. The zero-order chi connectivity index (χ0) is 13.1. The molecule has 0 atom stereocenters. The molecule has 0 unspecified atom stereocenters. The van der Waals surface area contributed by atoms with Gasteiger partial charge in [0.1, 0.15) is 21.0 Å². The highest BCUT2D eigenvalue weighted by atomic mass is 127. The molecule has 0 fully saturated rings. The minimum absolute atomic E-state index is 0.202. The molecule has 2 heterocycles. The van der Waals surface area contributed by atoms with E-state index in [1.807, 2.05) is 22.6 Å². The average Bonchev–Trinajstić information content (AvgIpc) is 2.78. The summed E-state index contributed by atoms with van der Waals surface area (Å²) in [5, 5.41) is 4.05. The number of rotatable bonds is 4. The van der Waals surface area contributed by atoms with Gasteiger partial charge in [-0.05, 0) is 22.6 Å². The van der Waals surface area contributed by atoms with Gasteiger partial charge >= 0.3 is 0 Å². The Bertz CT molecular complexity index is 611. The molecule has 0 saturated heterocycles. The van der Waals surface area contributed by atoms with Crippen LogP contribution in [0, 0.1) is 3.57 Å². The monoisotopic (exact) mass is 381 g/mol. The Kier molecular flexibility index (Phi) is 4.36. The predicted molar refractivity (Wildman–Crippen MR) is 72.5 cm³/mol. The van der Waals surface area contributed by atoms with Crippen molar-refractivity contribution in [1.82, 2.24) is 14.7 Å². The van der Waals surface area contributed by atoms with E-state index in [0.29, 0.717) is 21.6 Å². The van der Waals surface area contributed by atoms with E-state index in [4.69, 9.17) is 20.9 Å². The van der Waals surface area contributed by atoms with Crippen LogP contribution >= 0.6 is 34.2 Å².